The Hall–Kier alpha value is -1.26. The number of thiazole rings is 1. The normalized spacial score (nSPS) is 12.7. The maximum absolute atomic E-state index is 13.4. The lowest BCUT2D eigenvalue weighted by Gasteiger charge is -2.15. The maximum atomic E-state index is 13.4. The summed E-state index contributed by atoms with van der Waals surface area (Å²) < 4.78 is 13.4. The molecule has 1 atom stereocenters. The molecule has 0 aliphatic carbocycles. The van der Waals surface area contributed by atoms with Crippen molar-refractivity contribution in [1.29, 1.82) is 0 Å². The number of rotatable bonds is 3. The van der Waals surface area contributed by atoms with E-state index >= 15 is 0 Å². The van der Waals surface area contributed by atoms with Gasteiger partial charge in [0.05, 0.1) is 11.0 Å². The van der Waals surface area contributed by atoms with Crippen molar-refractivity contribution in [3.63, 3.8) is 0 Å². The second kappa shape index (κ2) is 4.94. The van der Waals surface area contributed by atoms with Crippen LogP contribution in [0.25, 0.3) is 0 Å². The highest BCUT2D eigenvalue weighted by molar-refractivity contribution is 7.11. The molecule has 1 N–H and O–H groups in total. The molecule has 2 nitrogen and oxygen atoms in total. The quantitative estimate of drug-likeness (QED) is 0.904. The summed E-state index contributed by atoms with van der Waals surface area (Å²) in [5, 5.41) is 4.23. The second-order valence-corrected chi connectivity index (χ2v) is 5.33. The Morgan fingerprint density at radius 2 is 2.06 bits per heavy atom. The van der Waals surface area contributed by atoms with Gasteiger partial charge >= 0.3 is 0 Å². The van der Waals surface area contributed by atoms with Crippen molar-refractivity contribution in [2.24, 2.45) is 0 Å². The van der Waals surface area contributed by atoms with E-state index in [1.165, 1.54) is 6.07 Å². The first kappa shape index (κ1) is 12.2. The zero-order chi connectivity index (χ0) is 12.4. The summed E-state index contributed by atoms with van der Waals surface area (Å²) in [6.07, 6.45) is 1.85. The van der Waals surface area contributed by atoms with E-state index in [1.54, 1.807) is 17.4 Å². The van der Waals surface area contributed by atoms with E-state index in [2.05, 4.69) is 10.3 Å². The Bertz CT molecular complexity index is 502. The van der Waals surface area contributed by atoms with Crippen molar-refractivity contribution >= 4 is 11.3 Å². The molecule has 0 aliphatic heterocycles. The fourth-order valence-electron chi connectivity index (χ4n) is 1.92. The summed E-state index contributed by atoms with van der Waals surface area (Å²) in [6, 6.07) is 5.12. The third kappa shape index (κ3) is 2.70. The van der Waals surface area contributed by atoms with Crippen LogP contribution in [0, 0.1) is 19.7 Å². The molecular weight excluding hydrogens is 235 g/mol. The van der Waals surface area contributed by atoms with Gasteiger partial charge in [-0.15, -0.1) is 11.3 Å². The minimum Gasteiger partial charge on any atom is -0.309 e. The summed E-state index contributed by atoms with van der Waals surface area (Å²) in [5.41, 5.74) is 1.87. The summed E-state index contributed by atoms with van der Waals surface area (Å²) in [4.78, 5) is 5.35. The van der Waals surface area contributed by atoms with Crippen LogP contribution >= 0.6 is 11.3 Å². The highest BCUT2D eigenvalue weighted by Gasteiger charge is 2.15. The Labute approximate surface area is 105 Å². The predicted octanol–water partition coefficient (Wildman–Crippen LogP) is 3.21. The Morgan fingerprint density at radius 1 is 1.29 bits per heavy atom. The molecule has 2 rings (SSSR count). The molecule has 1 unspecified atom stereocenters. The molecule has 2 aromatic rings. The van der Waals surface area contributed by atoms with Gasteiger partial charge in [0.1, 0.15) is 5.82 Å². The molecule has 90 valence electrons. The van der Waals surface area contributed by atoms with Crippen molar-refractivity contribution in [3.8, 4) is 0 Å². The number of nitrogens with zero attached hydrogens (tertiary/aromatic N) is 1. The van der Waals surface area contributed by atoms with Crippen LogP contribution in [-0.2, 0) is 0 Å². The molecule has 0 bridgehead atoms. The van der Waals surface area contributed by atoms with Gasteiger partial charge < -0.3 is 5.32 Å². The molecule has 1 heterocycles. The average molecular weight is 250 g/mol. The molecular formula is C13H15FN2S. The van der Waals surface area contributed by atoms with Crippen LogP contribution in [0.1, 0.15) is 27.1 Å². The monoisotopic (exact) mass is 250 g/mol. The average Bonchev–Trinajstić information content (AvgIpc) is 2.64. The largest absolute Gasteiger partial charge is 0.309 e. The molecule has 0 saturated carbocycles. The summed E-state index contributed by atoms with van der Waals surface area (Å²) in [5.74, 6) is -0.193. The predicted molar refractivity (Wildman–Crippen MR) is 68.9 cm³/mol. The van der Waals surface area contributed by atoms with E-state index in [1.807, 2.05) is 33.2 Å². The molecule has 0 spiro atoms. The van der Waals surface area contributed by atoms with Crippen molar-refractivity contribution in [1.82, 2.24) is 10.3 Å². The van der Waals surface area contributed by atoms with Crippen molar-refractivity contribution in [3.05, 3.63) is 51.2 Å². The number of hydrogen-bond acceptors (Lipinski definition) is 3. The fourth-order valence-corrected chi connectivity index (χ4v) is 2.84. The Morgan fingerprint density at radius 3 is 2.59 bits per heavy atom. The molecule has 0 radical (unpaired) electrons. The minimum atomic E-state index is -0.193. The van der Waals surface area contributed by atoms with Gasteiger partial charge in [-0.3, -0.25) is 0 Å². The van der Waals surface area contributed by atoms with Crippen LogP contribution in [0.3, 0.4) is 0 Å². The van der Waals surface area contributed by atoms with Crippen molar-refractivity contribution < 1.29 is 4.39 Å². The lowest BCUT2D eigenvalue weighted by Crippen LogP contribution is -2.16. The highest BCUT2D eigenvalue weighted by Crippen LogP contribution is 2.27. The van der Waals surface area contributed by atoms with E-state index < -0.39 is 0 Å². The van der Waals surface area contributed by atoms with Crippen LogP contribution < -0.4 is 5.32 Å². The molecule has 1 aromatic heterocycles. The maximum Gasteiger partial charge on any atom is 0.123 e. The van der Waals surface area contributed by atoms with Gasteiger partial charge in [-0.25, -0.2) is 9.37 Å². The number of halogens is 1. The standard InChI is InChI=1S/C13H15FN2S/c1-8-4-10(6-11(14)5-8)13(15-3)12-7-16-9(2)17-12/h4-7,13,15H,1-3H3. The van der Waals surface area contributed by atoms with Gasteiger partial charge in [0.25, 0.3) is 0 Å². The molecule has 0 amide bonds. The van der Waals surface area contributed by atoms with Crippen LogP contribution in [0.15, 0.2) is 24.4 Å². The molecule has 1 aromatic carbocycles. The van der Waals surface area contributed by atoms with Crippen LogP contribution in [-0.4, -0.2) is 12.0 Å². The van der Waals surface area contributed by atoms with Gasteiger partial charge in [-0.05, 0) is 44.2 Å². The first-order chi connectivity index (χ1) is 8.10. The van der Waals surface area contributed by atoms with E-state index in [9.17, 15) is 4.39 Å². The topological polar surface area (TPSA) is 24.9 Å². The smallest absolute Gasteiger partial charge is 0.123 e. The molecule has 0 aliphatic rings. The van der Waals surface area contributed by atoms with Crippen LogP contribution in [0.2, 0.25) is 0 Å². The SMILES string of the molecule is CNC(c1cc(C)cc(F)c1)c1cnc(C)s1. The minimum absolute atomic E-state index is 0.00981. The highest BCUT2D eigenvalue weighted by atomic mass is 32.1. The molecule has 0 saturated heterocycles. The Balaban J connectivity index is 2.41. The number of aryl methyl sites for hydroxylation is 2. The van der Waals surface area contributed by atoms with Crippen molar-refractivity contribution in [2.45, 2.75) is 19.9 Å². The third-order valence-corrected chi connectivity index (χ3v) is 3.59. The summed E-state index contributed by atoms with van der Waals surface area (Å²) in [6.45, 7) is 3.87. The van der Waals surface area contributed by atoms with Crippen LogP contribution in [0.4, 0.5) is 4.39 Å². The Kier molecular flexibility index (Phi) is 3.54. The van der Waals surface area contributed by atoms with Crippen LogP contribution in [0.5, 0.6) is 0 Å². The van der Waals surface area contributed by atoms with E-state index in [-0.39, 0.29) is 11.9 Å². The fraction of sp³-hybridized carbons (Fsp3) is 0.308. The van der Waals surface area contributed by atoms with E-state index in [0.717, 1.165) is 21.0 Å². The first-order valence-corrected chi connectivity index (χ1v) is 6.28. The third-order valence-electron chi connectivity index (χ3n) is 2.61. The zero-order valence-electron chi connectivity index (χ0n) is 10.1. The van der Waals surface area contributed by atoms with E-state index in [4.69, 9.17) is 0 Å². The van der Waals surface area contributed by atoms with Crippen molar-refractivity contribution in [2.75, 3.05) is 7.05 Å². The molecule has 4 heteroatoms. The summed E-state index contributed by atoms with van der Waals surface area (Å²) >= 11 is 1.63. The molecule has 0 fully saturated rings. The summed E-state index contributed by atoms with van der Waals surface area (Å²) in [7, 11) is 1.87. The number of nitrogens with one attached hydrogen (secondary N) is 1. The number of aromatic nitrogens is 1. The molecule has 17 heavy (non-hydrogen) atoms. The second-order valence-electron chi connectivity index (χ2n) is 4.07. The zero-order valence-corrected chi connectivity index (χ0v) is 10.9. The first-order valence-electron chi connectivity index (χ1n) is 5.47. The lowest BCUT2D eigenvalue weighted by molar-refractivity contribution is 0.616. The van der Waals surface area contributed by atoms with Gasteiger partial charge in [-0.2, -0.15) is 0 Å². The van der Waals surface area contributed by atoms with E-state index in [0.29, 0.717) is 0 Å². The van der Waals surface area contributed by atoms with Gasteiger partial charge in [0, 0.05) is 11.1 Å². The van der Waals surface area contributed by atoms with Gasteiger partial charge in [-0.1, -0.05) is 6.07 Å². The lowest BCUT2D eigenvalue weighted by atomic mass is 10.0. The number of hydrogen-bond donors (Lipinski definition) is 1. The van der Waals surface area contributed by atoms with Gasteiger partial charge in [0.15, 0.2) is 0 Å². The number of benzene rings is 1. The van der Waals surface area contributed by atoms with Gasteiger partial charge in [0.2, 0.25) is 0 Å².